The van der Waals surface area contributed by atoms with E-state index >= 15 is 0 Å². The van der Waals surface area contributed by atoms with E-state index in [0.717, 1.165) is 25.7 Å². The molecule has 2 nitrogen and oxygen atoms in total. The SMILES string of the molecule is C#C/C=C\C[C@@H]1O[C@@H]2C[C@H]1O[C@@H]([C@@H](Br)CC)C[C@H]2Br. The lowest BCUT2D eigenvalue weighted by atomic mass is 10.1. The molecule has 4 heteroatoms. The number of rotatable bonds is 4. The van der Waals surface area contributed by atoms with Crippen molar-refractivity contribution in [1.82, 2.24) is 0 Å². The molecule has 0 N–H and O–H groups in total. The van der Waals surface area contributed by atoms with Crippen LogP contribution in [0.4, 0.5) is 0 Å². The van der Waals surface area contributed by atoms with Crippen molar-refractivity contribution in [3.05, 3.63) is 12.2 Å². The first-order chi connectivity index (χ1) is 9.15. The molecular formula is C15H20Br2O2. The van der Waals surface area contributed by atoms with Crippen LogP contribution in [0.3, 0.4) is 0 Å². The summed E-state index contributed by atoms with van der Waals surface area (Å²) in [6, 6.07) is 0. The van der Waals surface area contributed by atoms with E-state index < -0.39 is 0 Å². The Morgan fingerprint density at radius 3 is 2.84 bits per heavy atom. The molecule has 19 heavy (non-hydrogen) atoms. The highest BCUT2D eigenvalue weighted by Crippen LogP contribution is 2.38. The van der Waals surface area contributed by atoms with Crippen molar-refractivity contribution in [2.75, 3.05) is 0 Å². The third-order valence-corrected chi connectivity index (χ3v) is 6.02. The first-order valence-corrected chi connectivity index (χ1v) is 8.69. The number of alkyl halides is 2. The van der Waals surface area contributed by atoms with Gasteiger partial charge in [0.25, 0.3) is 0 Å². The average molecular weight is 392 g/mol. The van der Waals surface area contributed by atoms with Crippen LogP contribution >= 0.6 is 31.9 Å². The number of hydrogen-bond donors (Lipinski definition) is 0. The van der Waals surface area contributed by atoms with Gasteiger partial charge in [0.15, 0.2) is 0 Å². The Bertz CT molecular complexity index is 364. The molecule has 2 aliphatic rings. The molecule has 2 aliphatic heterocycles. The molecule has 2 bridgehead atoms. The minimum Gasteiger partial charge on any atom is -0.371 e. The normalized spacial score (nSPS) is 40.0. The van der Waals surface area contributed by atoms with E-state index in [9.17, 15) is 0 Å². The van der Waals surface area contributed by atoms with E-state index in [1.165, 1.54) is 0 Å². The number of hydrogen-bond acceptors (Lipinski definition) is 2. The fourth-order valence-corrected chi connectivity index (χ4v) is 3.80. The molecule has 0 saturated carbocycles. The summed E-state index contributed by atoms with van der Waals surface area (Å²) in [6.07, 6.45) is 13.7. The number of ether oxygens (including phenoxy) is 2. The first-order valence-electron chi connectivity index (χ1n) is 6.85. The second-order valence-corrected chi connectivity index (χ2v) is 7.49. The van der Waals surface area contributed by atoms with E-state index in [1.54, 1.807) is 6.08 Å². The summed E-state index contributed by atoms with van der Waals surface area (Å²) >= 11 is 7.49. The van der Waals surface area contributed by atoms with Gasteiger partial charge in [-0.25, -0.2) is 0 Å². The van der Waals surface area contributed by atoms with Crippen molar-refractivity contribution >= 4 is 31.9 Å². The maximum atomic E-state index is 6.28. The molecule has 0 aromatic heterocycles. The second kappa shape index (κ2) is 7.26. The predicted octanol–water partition coefficient (Wildman–Crippen LogP) is 3.82. The van der Waals surface area contributed by atoms with Crippen molar-refractivity contribution in [1.29, 1.82) is 0 Å². The predicted molar refractivity (Wildman–Crippen MR) is 84.9 cm³/mol. The summed E-state index contributed by atoms with van der Waals surface area (Å²) < 4.78 is 12.4. The zero-order valence-corrected chi connectivity index (χ0v) is 14.3. The lowest BCUT2D eigenvalue weighted by molar-refractivity contribution is -0.0732. The van der Waals surface area contributed by atoms with Gasteiger partial charge < -0.3 is 9.47 Å². The summed E-state index contributed by atoms with van der Waals surface area (Å²) in [6.45, 7) is 2.18. The quantitative estimate of drug-likeness (QED) is 0.535. The van der Waals surface area contributed by atoms with Crippen molar-refractivity contribution in [3.63, 3.8) is 0 Å². The summed E-state index contributed by atoms with van der Waals surface area (Å²) in [5.41, 5.74) is 0. The van der Waals surface area contributed by atoms with Crippen LogP contribution in [0.2, 0.25) is 0 Å². The van der Waals surface area contributed by atoms with Crippen LogP contribution in [0.25, 0.3) is 0 Å². The largest absolute Gasteiger partial charge is 0.371 e. The number of halogens is 2. The maximum Gasteiger partial charge on any atom is 0.0876 e. The Labute approximate surface area is 132 Å². The van der Waals surface area contributed by atoms with Gasteiger partial charge in [-0.15, -0.1) is 6.42 Å². The Balaban J connectivity index is 2.02. The summed E-state index contributed by atoms with van der Waals surface area (Å²) in [4.78, 5) is 0.782. The van der Waals surface area contributed by atoms with Crippen LogP contribution < -0.4 is 0 Å². The fraction of sp³-hybridized carbons (Fsp3) is 0.733. The fourth-order valence-electron chi connectivity index (χ4n) is 2.75. The Morgan fingerprint density at radius 1 is 1.37 bits per heavy atom. The van der Waals surface area contributed by atoms with E-state index in [1.807, 2.05) is 6.08 Å². The van der Waals surface area contributed by atoms with Crippen molar-refractivity contribution < 1.29 is 9.47 Å². The summed E-state index contributed by atoms with van der Waals surface area (Å²) in [7, 11) is 0. The van der Waals surface area contributed by atoms with Gasteiger partial charge in [0.1, 0.15) is 0 Å². The van der Waals surface area contributed by atoms with Crippen LogP contribution in [-0.4, -0.2) is 34.1 Å². The molecule has 6 atom stereocenters. The van der Waals surface area contributed by atoms with Crippen molar-refractivity contribution in [2.45, 2.75) is 66.7 Å². The number of terminal acetylenes is 1. The molecule has 2 heterocycles. The van der Waals surface area contributed by atoms with Gasteiger partial charge in [-0.2, -0.15) is 0 Å². The minimum absolute atomic E-state index is 0.133. The van der Waals surface area contributed by atoms with Gasteiger partial charge in [0, 0.05) is 16.1 Å². The summed E-state index contributed by atoms with van der Waals surface area (Å²) in [5.74, 6) is 2.51. The van der Waals surface area contributed by atoms with E-state index in [2.05, 4.69) is 44.7 Å². The van der Waals surface area contributed by atoms with E-state index in [4.69, 9.17) is 15.9 Å². The molecule has 2 fully saturated rings. The van der Waals surface area contributed by atoms with Gasteiger partial charge in [-0.05, 0) is 25.3 Å². The van der Waals surface area contributed by atoms with E-state index in [-0.39, 0.29) is 24.4 Å². The molecule has 0 radical (unpaired) electrons. The smallest absolute Gasteiger partial charge is 0.0876 e. The Kier molecular flexibility index (Phi) is 5.95. The molecule has 0 unspecified atom stereocenters. The monoisotopic (exact) mass is 390 g/mol. The summed E-state index contributed by atoms with van der Waals surface area (Å²) in [5, 5.41) is 0. The zero-order valence-electron chi connectivity index (χ0n) is 11.1. The topological polar surface area (TPSA) is 18.5 Å². The minimum atomic E-state index is 0.133. The highest BCUT2D eigenvalue weighted by Gasteiger charge is 2.44. The van der Waals surface area contributed by atoms with Crippen LogP contribution in [0, 0.1) is 12.3 Å². The van der Waals surface area contributed by atoms with Gasteiger partial charge in [0.05, 0.1) is 24.4 Å². The van der Waals surface area contributed by atoms with Gasteiger partial charge in [-0.3, -0.25) is 0 Å². The molecule has 0 aliphatic carbocycles. The van der Waals surface area contributed by atoms with Crippen molar-refractivity contribution in [3.8, 4) is 12.3 Å². The van der Waals surface area contributed by atoms with Crippen LogP contribution in [0.15, 0.2) is 12.2 Å². The van der Waals surface area contributed by atoms with E-state index in [0.29, 0.717) is 9.65 Å². The number of allylic oxidation sites excluding steroid dienone is 1. The maximum absolute atomic E-state index is 6.28. The lowest BCUT2D eigenvalue weighted by Gasteiger charge is -2.30. The molecule has 0 aromatic rings. The zero-order chi connectivity index (χ0) is 13.8. The standard InChI is InChI=1S/C15H20Br2O2/c1-3-5-6-7-12-15-9-14(18-12)11(17)8-13(19-15)10(16)4-2/h1,5-6,10-15H,4,7-9H2,2H3/b6-5-/t10-,11+,12-,13+,14+,15+/m0/s1. The highest BCUT2D eigenvalue weighted by atomic mass is 79.9. The van der Waals surface area contributed by atoms with Gasteiger partial charge in [-0.1, -0.05) is 50.8 Å². The first kappa shape index (κ1) is 15.6. The molecular weight excluding hydrogens is 372 g/mol. The van der Waals surface area contributed by atoms with Crippen LogP contribution in [-0.2, 0) is 9.47 Å². The average Bonchev–Trinajstić information content (AvgIpc) is 2.72. The van der Waals surface area contributed by atoms with Gasteiger partial charge >= 0.3 is 0 Å². The lowest BCUT2D eigenvalue weighted by Crippen LogP contribution is -2.36. The van der Waals surface area contributed by atoms with Crippen molar-refractivity contribution in [2.24, 2.45) is 0 Å². The van der Waals surface area contributed by atoms with Crippen LogP contribution in [0.1, 0.15) is 32.6 Å². The highest BCUT2D eigenvalue weighted by molar-refractivity contribution is 9.09. The van der Waals surface area contributed by atoms with Gasteiger partial charge in [0.2, 0.25) is 0 Å². The molecule has 2 saturated heterocycles. The second-order valence-electron chi connectivity index (χ2n) is 5.14. The molecule has 0 aromatic carbocycles. The molecule has 106 valence electrons. The molecule has 0 amide bonds. The number of fused-ring (bicyclic) bond motifs is 2. The Morgan fingerprint density at radius 2 is 2.16 bits per heavy atom. The third kappa shape index (κ3) is 3.85. The Hall–Kier alpha value is 0.180. The third-order valence-electron chi connectivity index (χ3n) is 3.82. The molecule has 0 spiro atoms. The van der Waals surface area contributed by atoms with Crippen LogP contribution in [0.5, 0.6) is 0 Å². The molecule has 2 rings (SSSR count).